The van der Waals surface area contributed by atoms with Crippen LogP contribution in [-0.4, -0.2) is 54.5 Å². The second kappa shape index (κ2) is 9.63. The zero-order valence-corrected chi connectivity index (χ0v) is 18.3. The Labute approximate surface area is 179 Å². The van der Waals surface area contributed by atoms with Crippen molar-refractivity contribution in [1.29, 1.82) is 0 Å². The Bertz CT molecular complexity index is 904. The number of morpholine rings is 1. The Morgan fingerprint density at radius 3 is 2.63 bits per heavy atom. The Hall–Kier alpha value is -2.36. The fourth-order valence-corrected chi connectivity index (χ4v) is 3.78. The highest BCUT2D eigenvalue weighted by Gasteiger charge is 2.21. The molecule has 7 nitrogen and oxygen atoms in total. The molecule has 1 aliphatic rings. The van der Waals surface area contributed by atoms with Gasteiger partial charge in [0.25, 0.3) is 5.91 Å². The Morgan fingerprint density at radius 1 is 1.23 bits per heavy atom. The molecule has 1 aromatic heterocycles. The van der Waals surface area contributed by atoms with Crippen LogP contribution in [0.15, 0.2) is 24.4 Å². The van der Waals surface area contributed by atoms with E-state index in [1.165, 1.54) is 29.5 Å². The molecule has 1 aromatic carbocycles. The number of hydrogen-bond acceptors (Lipinski definition) is 6. The Kier molecular flexibility index (Phi) is 7.17. The number of nitrogens with zero attached hydrogens (tertiary/aromatic N) is 2. The number of halogens is 1. The fourth-order valence-electron chi connectivity index (χ4n) is 2.91. The summed E-state index contributed by atoms with van der Waals surface area (Å²) in [4.78, 5) is 31.7. The molecule has 162 valence electrons. The van der Waals surface area contributed by atoms with Crippen molar-refractivity contribution in [2.75, 3.05) is 43.5 Å². The van der Waals surface area contributed by atoms with E-state index in [0.29, 0.717) is 30.3 Å². The molecule has 1 fully saturated rings. The predicted molar refractivity (Wildman–Crippen MR) is 116 cm³/mol. The monoisotopic (exact) mass is 434 g/mol. The van der Waals surface area contributed by atoms with Crippen molar-refractivity contribution in [3.05, 3.63) is 40.1 Å². The number of ether oxygens (including phenoxy) is 1. The van der Waals surface area contributed by atoms with E-state index in [-0.39, 0.29) is 29.3 Å². The molecule has 0 aliphatic carbocycles. The van der Waals surface area contributed by atoms with E-state index in [1.54, 1.807) is 6.20 Å². The average molecular weight is 435 g/mol. The van der Waals surface area contributed by atoms with Crippen LogP contribution < -0.4 is 10.6 Å². The minimum absolute atomic E-state index is 0.0412. The van der Waals surface area contributed by atoms with Gasteiger partial charge < -0.3 is 15.4 Å². The lowest BCUT2D eigenvalue weighted by Crippen LogP contribution is -2.38. The number of anilines is 2. The van der Waals surface area contributed by atoms with Gasteiger partial charge in [-0.05, 0) is 18.2 Å². The lowest BCUT2D eigenvalue weighted by molar-refractivity contribution is -0.116. The first-order valence-corrected chi connectivity index (χ1v) is 10.7. The second-order valence-corrected chi connectivity index (χ2v) is 9.21. The quantitative estimate of drug-likeness (QED) is 0.727. The standard InChI is InChI=1S/C21H27FN4O3S/c1-21(2,3)20-23-13-17(30-20)19(28)24-14-4-5-15(22)16(12-14)25-18(27)6-7-26-8-10-29-11-9-26/h4-5,12-13H,6-11H2,1-3H3,(H,24,28)(H,25,27). The number of amides is 2. The van der Waals surface area contributed by atoms with Gasteiger partial charge in [-0.2, -0.15) is 0 Å². The Balaban J connectivity index is 1.59. The van der Waals surface area contributed by atoms with Crippen LogP contribution in [-0.2, 0) is 14.9 Å². The first-order valence-electron chi connectivity index (χ1n) is 9.89. The van der Waals surface area contributed by atoms with E-state index in [2.05, 4.69) is 20.5 Å². The summed E-state index contributed by atoms with van der Waals surface area (Å²) in [6, 6.07) is 4.11. The van der Waals surface area contributed by atoms with Gasteiger partial charge in [0.2, 0.25) is 5.91 Å². The van der Waals surface area contributed by atoms with Crippen molar-refractivity contribution in [3.8, 4) is 0 Å². The second-order valence-electron chi connectivity index (χ2n) is 8.18. The van der Waals surface area contributed by atoms with Crippen LogP contribution in [0.1, 0.15) is 41.9 Å². The molecule has 0 spiro atoms. The van der Waals surface area contributed by atoms with Gasteiger partial charge >= 0.3 is 0 Å². The van der Waals surface area contributed by atoms with Crippen molar-refractivity contribution in [2.24, 2.45) is 0 Å². The number of nitrogens with one attached hydrogen (secondary N) is 2. The molecule has 2 N–H and O–H groups in total. The van der Waals surface area contributed by atoms with E-state index in [1.807, 2.05) is 20.8 Å². The number of rotatable bonds is 6. The van der Waals surface area contributed by atoms with E-state index >= 15 is 0 Å². The SMILES string of the molecule is CC(C)(C)c1ncc(C(=O)Nc2ccc(F)c(NC(=O)CCN3CCOCC3)c2)s1. The first kappa shape index (κ1) is 22.3. The highest BCUT2D eigenvalue weighted by Crippen LogP contribution is 2.27. The van der Waals surface area contributed by atoms with Crippen molar-refractivity contribution in [3.63, 3.8) is 0 Å². The fraction of sp³-hybridized carbons (Fsp3) is 0.476. The molecule has 1 aliphatic heterocycles. The number of thiazole rings is 1. The molecule has 3 rings (SSSR count). The van der Waals surface area contributed by atoms with Crippen LogP contribution in [0.25, 0.3) is 0 Å². The Morgan fingerprint density at radius 2 is 1.97 bits per heavy atom. The predicted octanol–water partition coefficient (Wildman–Crippen LogP) is 3.49. The van der Waals surface area contributed by atoms with Gasteiger partial charge in [-0.3, -0.25) is 14.5 Å². The molecule has 2 amide bonds. The first-order chi connectivity index (χ1) is 14.2. The average Bonchev–Trinajstić information content (AvgIpc) is 3.21. The van der Waals surface area contributed by atoms with E-state index in [0.717, 1.165) is 18.1 Å². The maximum absolute atomic E-state index is 14.2. The zero-order chi connectivity index (χ0) is 21.7. The van der Waals surface area contributed by atoms with E-state index in [4.69, 9.17) is 4.74 Å². The van der Waals surface area contributed by atoms with Gasteiger partial charge in [0.1, 0.15) is 10.7 Å². The van der Waals surface area contributed by atoms with E-state index in [9.17, 15) is 14.0 Å². The summed E-state index contributed by atoms with van der Waals surface area (Å²) >= 11 is 1.32. The normalized spacial score (nSPS) is 15.1. The minimum Gasteiger partial charge on any atom is -0.379 e. The van der Waals surface area contributed by atoms with Crippen molar-refractivity contribution in [2.45, 2.75) is 32.6 Å². The molecule has 1 saturated heterocycles. The third-order valence-corrected chi connectivity index (χ3v) is 6.05. The molecule has 2 aromatic rings. The topological polar surface area (TPSA) is 83.6 Å². The van der Waals surface area contributed by atoms with Crippen LogP contribution >= 0.6 is 11.3 Å². The highest BCUT2D eigenvalue weighted by atomic mass is 32.1. The molecular formula is C21H27FN4O3S. The maximum atomic E-state index is 14.2. The molecule has 2 heterocycles. The largest absolute Gasteiger partial charge is 0.379 e. The minimum atomic E-state index is -0.555. The lowest BCUT2D eigenvalue weighted by Gasteiger charge is -2.26. The van der Waals surface area contributed by atoms with E-state index < -0.39 is 5.82 Å². The number of hydrogen-bond donors (Lipinski definition) is 2. The highest BCUT2D eigenvalue weighted by molar-refractivity contribution is 7.13. The van der Waals surface area contributed by atoms with Gasteiger partial charge in [-0.15, -0.1) is 11.3 Å². The number of aromatic nitrogens is 1. The van der Waals surface area contributed by atoms with Crippen LogP contribution in [0.4, 0.5) is 15.8 Å². The maximum Gasteiger partial charge on any atom is 0.267 e. The number of benzene rings is 1. The third kappa shape index (κ3) is 6.07. The summed E-state index contributed by atoms with van der Waals surface area (Å²) < 4.78 is 19.4. The third-order valence-electron chi connectivity index (χ3n) is 4.63. The van der Waals surface area contributed by atoms with Crippen molar-refractivity contribution < 1.29 is 18.7 Å². The molecule has 0 saturated carbocycles. The van der Waals surface area contributed by atoms with Crippen molar-refractivity contribution in [1.82, 2.24) is 9.88 Å². The molecule has 0 unspecified atom stereocenters. The van der Waals surface area contributed by atoms with Crippen LogP contribution in [0.3, 0.4) is 0 Å². The molecule has 9 heteroatoms. The summed E-state index contributed by atoms with van der Waals surface area (Å²) in [6.45, 7) is 9.58. The summed E-state index contributed by atoms with van der Waals surface area (Å²) in [7, 11) is 0. The van der Waals surface area contributed by atoms with Crippen LogP contribution in [0.2, 0.25) is 0 Å². The summed E-state index contributed by atoms with van der Waals surface area (Å²) in [5.41, 5.74) is 0.299. The van der Waals surface area contributed by atoms with Gasteiger partial charge in [-0.25, -0.2) is 9.37 Å². The lowest BCUT2D eigenvalue weighted by atomic mass is 9.98. The molecule has 0 radical (unpaired) electrons. The molecular weight excluding hydrogens is 407 g/mol. The summed E-state index contributed by atoms with van der Waals surface area (Å²) in [6.07, 6.45) is 1.80. The smallest absolute Gasteiger partial charge is 0.267 e. The summed E-state index contributed by atoms with van der Waals surface area (Å²) in [5, 5.41) is 6.19. The molecule has 30 heavy (non-hydrogen) atoms. The van der Waals surface area contributed by atoms with Gasteiger partial charge in [0.05, 0.1) is 30.1 Å². The summed E-state index contributed by atoms with van der Waals surface area (Å²) in [5.74, 6) is -1.15. The van der Waals surface area contributed by atoms with Gasteiger partial charge in [-0.1, -0.05) is 20.8 Å². The number of carbonyl (C=O) groups excluding carboxylic acids is 2. The number of carbonyl (C=O) groups is 2. The van der Waals surface area contributed by atoms with Gasteiger partial charge in [0, 0.05) is 37.2 Å². The van der Waals surface area contributed by atoms with Crippen LogP contribution in [0, 0.1) is 5.82 Å². The molecule has 0 atom stereocenters. The zero-order valence-electron chi connectivity index (χ0n) is 17.5. The molecule has 0 bridgehead atoms. The van der Waals surface area contributed by atoms with Crippen LogP contribution in [0.5, 0.6) is 0 Å². The van der Waals surface area contributed by atoms with Gasteiger partial charge in [0.15, 0.2) is 0 Å². The van der Waals surface area contributed by atoms with Crippen molar-refractivity contribution >= 4 is 34.5 Å².